The van der Waals surface area contributed by atoms with Crippen molar-refractivity contribution in [3.8, 4) is 6.07 Å². The van der Waals surface area contributed by atoms with Crippen LogP contribution in [0.2, 0.25) is 0 Å². The van der Waals surface area contributed by atoms with Crippen molar-refractivity contribution >= 4 is 0 Å². The largest absolute Gasteiger partial charge is 0.416 e. The maximum atomic E-state index is 12.6. The summed E-state index contributed by atoms with van der Waals surface area (Å²) in [7, 11) is 0. The van der Waals surface area contributed by atoms with Crippen molar-refractivity contribution in [2.75, 3.05) is 0 Å². The van der Waals surface area contributed by atoms with Crippen LogP contribution in [-0.2, 0) is 11.6 Å². The summed E-state index contributed by atoms with van der Waals surface area (Å²) in [5.74, 6) is 0.191. The van der Waals surface area contributed by atoms with Gasteiger partial charge in [0.15, 0.2) is 0 Å². The number of nitrogens with zero attached hydrogens (tertiary/aromatic N) is 1. The first-order chi connectivity index (χ1) is 7.94. The topological polar surface area (TPSA) is 23.8 Å². The fourth-order valence-corrected chi connectivity index (χ4v) is 2.35. The molecule has 1 nitrogen and oxygen atoms in total. The van der Waals surface area contributed by atoms with Crippen molar-refractivity contribution in [3.63, 3.8) is 0 Å². The lowest BCUT2D eigenvalue weighted by Crippen LogP contribution is -2.11. The molecule has 17 heavy (non-hydrogen) atoms. The highest BCUT2D eigenvalue weighted by molar-refractivity contribution is 5.43. The quantitative estimate of drug-likeness (QED) is 0.767. The smallest absolute Gasteiger partial charge is 0.197 e. The van der Waals surface area contributed by atoms with E-state index in [1.54, 1.807) is 6.07 Å². The van der Waals surface area contributed by atoms with Crippen LogP contribution in [0.3, 0.4) is 0 Å². The van der Waals surface area contributed by atoms with Gasteiger partial charge in [0.1, 0.15) is 0 Å². The molecule has 0 spiro atoms. The van der Waals surface area contributed by atoms with Crippen LogP contribution in [0.25, 0.3) is 0 Å². The standard InChI is InChI=1S/C13H12F3N/c1-2-9-7-12(9,8-17)10-4-3-5-11(6-10)13(14,15)16/h3-6,9H,2,7H2,1H3. The van der Waals surface area contributed by atoms with E-state index >= 15 is 0 Å². The summed E-state index contributed by atoms with van der Waals surface area (Å²) in [6.45, 7) is 1.96. The van der Waals surface area contributed by atoms with Gasteiger partial charge in [-0.05, 0) is 24.0 Å². The molecular weight excluding hydrogens is 227 g/mol. The van der Waals surface area contributed by atoms with Gasteiger partial charge >= 0.3 is 6.18 Å². The van der Waals surface area contributed by atoms with E-state index in [9.17, 15) is 18.4 Å². The van der Waals surface area contributed by atoms with Crippen molar-refractivity contribution in [3.05, 3.63) is 35.4 Å². The third-order valence-corrected chi connectivity index (χ3v) is 3.50. The van der Waals surface area contributed by atoms with Gasteiger partial charge in [-0.2, -0.15) is 18.4 Å². The van der Waals surface area contributed by atoms with E-state index in [0.717, 1.165) is 18.6 Å². The highest BCUT2D eigenvalue weighted by Gasteiger charge is 2.55. The first-order valence-electron chi connectivity index (χ1n) is 5.53. The first kappa shape index (κ1) is 12.0. The Kier molecular flexibility index (Phi) is 2.65. The van der Waals surface area contributed by atoms with Crippen molar-refractivity contribution in [1.29, 1.82) is 5.26 Å². The minimum Gasteiger partial charge on any atom is -0.197 e. The summed E-state index contributed by atoms with van der Waals surface area (Å²) >= 11 is 0. The highest BCUT2D eigenvalue weighted by atomic mass is 19.4. The number of hydrogen-bond donors (Lipinski definition) is 0. The van der Waals surface area contributed by atoms with E-state index in [0.29, 0.717) is 12.0 Å². The molecule has 2 unspecified atom stereocenters. The second kappa shape index (κ2) is 3.76. The molecule has 0 heterocycles. The Labute approximate surface area is 97.9 Å². The van der Waals surface area contributed by atoms with Crippen LogP contribution in [0, 0.1) is 17.2 Å². The molecule has 1 aromatic rings. The van der Waals surface area contributed by atoms with Crippen LogP contribution < -0.4 is 0 Å². The minimum absolute atomic E-state index is 0.191. The summed E-state index contributed by atoms with van der Waals surface area (Å²) in [5.41, 5.74) is -0.858. The van der Waals surface area contributed by atoms with Crippen molar-refractivity contribution in [1.82, 2.24) is 0 Å². The van der Waals surface area contributed by atoms with Crippen molar-refractivity contribution < 1.29 is 13.2 Å². The van der Waals surface area contributed by atoms with Gasteiger partial charge in [-0.25, -0.2) is 0 Å². The predicted molar refractivity (Wildman–Crippen MR) is 57.1 cm³/mol. The van der Waals surface area contributed by atoms with Gasteiger partial charge in [0.05, 0.1) is 17.0 Å². The fraction of sp³-hybridized carbons (Fsp3) is 0.462. The van der Waals surface area contributed by atoms with Gasteiger partial charge in [-0.15, -0.1) is 0 Å². The van der Waals surface area contributed by atoms with Gasteiger partial charge in [0, 0.05) is 0 Å². The zero-order chi connectivity index (χ0) is 12.7. The maximum absolute atomic E-state index is 12.6. The highest BCUT2D eigenvalue weighted by Crippen LogP contribution is 2.55. The number of hydrogen-bond acceptors (Lipinski definition) is 1. The number of rotatable bonds is 2. The number of benzene rings is 1. The zero-order valence-electron chi connectivity index (χ0n) is 9.38. The monoisotopic (exact) mass is 239 g/mol. The predicted octanol–water partition coefficient (Wildman–Crippen LogP) is 3.90. The number of alkyl halides is 3. The number of halogens is 3. The molecule has 0 radical (unpaired) electrons. The van der Waals surface area contributed by atoms with Crippen molar-refractivity contribution in [2.45, 2.75) is 31.4 Å². The molecule has 1 aliphatic carbocycles. The molecule has 1 fully saturated rings. The van der Waals surface area contributed by atoms with E-state index in [4.69, 9.17) is 0 Å². The Morgan fingerprint density at radius 2 is 2.18 bits per heavy atom. The van der Waals surface area contributed by atoms with Crippen LogP contribution >= 0.6 is 0 Å². The summed E-state index contributed by atoms with van der Waals surface area (Å²) in [6, 6.07) is 7.33. The Morgan fingerprint density at radius 3 is 2.65 bits per heavy atom. The van der Waals surface area contributed by atoms with Gasteiger partial charge in [-0.1, -0.05) is 31.5 Å². The molecule has 0 aliphatic heterocycles. The van der Waals surface area contributed by atoms with E-state index in [-0.39, 0.29) is 5.92 Å². The summed E-state index contributed by atoms with van der Waals surface area (Å²) in [6.07, 6.45) is -2.85. The Hall–Kier alpha value is -1.50. The summed E-state index contributed by atoms with van der Waals surface area (Å²) < 4.78 is 37.7. The van der Waals surface area contributed by atoms with E-state index in [2.05, 4.69) is 6.07 Å². The van der Waals surface area contributed by atoms with E-state index in [1.807, 2.05) is 6.92 Å². The van der Waals surface area contributed by atoms with Crippen LogP contribution in [-0.4, -0.2) is 0 Å². The molecule has 0 bridgehead atoms. The van der Waals surface area contributed by atoms with Gasteiger partial charge in [-0.3, -0.25) is 0 Å². The zero-order valence-corrected chi connectivity index (χ0v) is 9.38. The molecule has 90 valence electrons. The summed E-state index contributed by atoms with van der Waals surface area (Å²) in [5, 5.41) is 9.17. The third kappa shape index (κ3) is 1.90. The first-order valence-corrected chi connectivity index (χ1v) is 5.53. The van der Waals surface area contributed by atoms with Crippen LogP contribution in [0.15, 0.2) is 24.3 Å². The average Bonchev–Trinajstić information content (AvgIpc) is 3.03. The van der Waals surface area contributed by atoms with E-state index in [1.165, 1.54) is 6.07 Å². The molecule has 2 rings (SSSR count). The Balaban J connectivity index is 2.39. The molecular formula is C13H12F3N. The number of nitriles is 1. The van der Waals surface area contributed by atoms with Crippen LogP contribution in [0.5, 0.6) is 0 Å². The molecule has 0 saturated heterocycles. The SMILES string of the molecule is CCC1CC1(C#N)c1cccc(C(F)(F)F)c1. The lowest BCUT2D eigenvalue weighted by Gasteiger charge is -2.12. The molecule has 0 amide bonds. The lowest BCUT2D eigenvalue weighted by molar-refractivity contribution is -0.137. The molecule has 1 aliphatic rings. The average molecular weight is 239 g/mol. The molecule has 0 N–H and O–H groups in total. The Morgan fingerprint density at radius 1 is 1.47 bits per heavy atom. The van der Waals surface area contributed by atoms with Crippen molar-refractivity contribution in [2.24, 2.45) is 5.92 Å². The van der Waals surface area contributed by atoms with Crippen LogP contribution in [0.1, 0.15) is 30.9 Å². The van der Waals surface area contributed by atoms with Gasteiger partial charge in [0.2, 0.25) is 0 Å². The Bertz CT molecular complexity index is 472. The van der Waals surface area contributed by atoms with Gasteiger partial charge in [0.25, 0.3) is 0 Å². The molecule has 2 atom stereocenters. The lowest BCUT2D eigenvalue weighted by atomic mass is 9.92. The second-order valence-corrected chi connectivity index (χ2v) is 4.47. The van der Waals surface area contributed by atoms with Gasteiger partial charge < -0.3 is 0 Å². The molecule has 1 aromatic carbocycles. The van der Waals surface area contributed by atoms with E-state index < -0.39 is 17.2 Å². The summed E-state index contributed by atoms with van der Waals surface area (Å²) in [4.78, 5) is 0. The third-order valence-electron chi connectivity index (χ3n) is 3.50. The maximum Gasteiger partial charge on any atom is 0.416 e. The second-order valence-electron chi connectivity index (χ2n) is 4.47. The fourth-order valence-electron chi connectivity index (χ4n) is 2.35. The normalized spacial score (nSPS) is 27.6. The molecule has 1 saturated carbocycles. The molecule has 0 aromatic heterocycles. The molecule has 4 heteroatoms. The van der Waals surface area contributed by atoms with Crippen LogP contribution in [0.4, 0.5) is 13.2 Å². The minimum atomic E-state index is -4.34.